The predicted octanol–water partition coefficient (Wildman–Crippen LogP) is 4.74. The van der Waals surface area contributed by atoms with E-state index in [0.717, 1.165) is 42.1 Å². The Labute approximate surface area is 146 Å². The summed E-state index contributed by atoms with van der Waals surface area (Å²) in [5.74, 6) is -0.218. The van der Waals surface area contributed by atoms with Crippen molar-refractivity contribution in [1.82, 2.24) is 9.88 Å². The van der Waals surface area contributed by atoms with E-state index >= 15 is 0 Å². The molecule has 0 aliphatic carbocycles. The van der Waals surface area contributed by atoms with Crippen molar-refractivity contribution in [3.05, 3.63) is 77.9 Å². The lowest BCUT2D eigenvalue weighted by Crippen LogP contribution is -2.38. The molecule has 4 rings (SSSR count). The average Bonchev–Trinajstić information content (AvgIpc) is 2.68. The summed E-state index contributed by atoms with van der Waals surface area (Å²) in [5, 5.41) is 1.88. The second-order valence-electron chi connectivity index (χ2n) is 6.46. The predicted molar refractivity (Wildman–Crippen MR) is 95.8 cm³/mol. The number of likely N-dealkylation sites (tertiary alicyclic amines) is 1. The van der Waals surface area contributed by atoms with E-state index in [1.165, 1.54) is 12.1 Å². The van der Waals surface area contributed by atoms with Crippen molar-refractivity contribution in [3.8, 4) is 0 Å². The Hall–Kier alpha value is -2.75. The number of carbonyl (C=O) groups is 1. The van der Waals surface area contributed by atoms with E-state index in [1.54, 1.807) is 24.5 Å². The second-order valence-corrected chi connectivity index (χ2v) is 6.46. The number of benzene rings is 2. The van der Waals surface area contributed by atoms with E-state index in [9.17, 15) is 9.18 Å². The quantitative estimate of drug-likeness (QED) is 0.678. The van der Waals surface area contributed by atoms with Crippen molar-refractivity contribution >= 4 is 16.7 Å². The molecule has 1 aliphatic heterocycles. The number of piperidine rings is 1. The minimum Gasteiger partial charge on any atom is -0.332 e. The maximum atomic E-state index is 13.3. The summed E-state index contributed by atoms with van der Waals surface area (Å²) < 4.78 is 13.3. The van der Waals surface area contributed by atoms with Crippen LogP contribution < -0.4 is 0 Å². The number of carbonyl (C=O) groups excluding carboxylic acids is 1. The van der Waals surface area contributed by atoms with Crippen LogP contribution in [0.4, 0.5) is 4.39 Å². The van der Waals surface area contributed by atoms with Gasteiger partial charge in [-0.15, -0.1) is 0 Å². The molecular formula is C21H19FN2O. The van der Waals surface area contributed by atoms with Crippen molar-refractivity contribution < 1.29 is 9.18 Å². The molecule has 2 aromatic carbocycles. The van der Waals surface area contributed by atoms with Gasteiger partial charge in [-0.1, -0.05) is 24.3 Å². The van der Waals surface area contributed by atoms with E-state index in [0.29, 0.717) is 5.56 Å². The highest BCUT2D eigenvalue weighted by atomic mass is 19.1. The van der Waals surface area contributed by atoms with Crippen LogP contribution in [0.25, 0.3) is 10.8 Å². The van der Waals surface area contributed by atoms with E-state index in [-0.39, 0.29) is 17.8 Å². The summed E-state index contributed by atoms with van der Waals surface area (Å²) in [7, 11) is 0. The van der Waals surface area contributed by atoms with Gasteiger partial charge in [0.25, 0.3) is 5.91 Å². The number of amides is 1. The minimum absolute atomic E-state index is 0.000978. The lowest BCUT2D eigenvalue weighted by molar-refractivity contribution is 0.0613. The number of halogens is 1. The van der Waals surface area contributed by atoms with E-state index in [1.807, 2.05) is 29.2 Å². The first-order valence-electron chi connectivity index (χ1n) is 8.63. The van der Waals surface area contributed by atoms with Gasteiger partial charge < -0.3 is 4.90 Å². The summed E-state index contributed by atoms with van der Waals surface area (Å²) >= 11 is 0. The molecule has 0 unspecified atom stereocenters. The number of hydrogen-bond acceptors (Lipinski definition) is 2. The van der Waals surface area contributed by atoms with Crippen LogP contribution in [0.5, 0.6) is 0 Å². The van der Waals surface area contributed by atoms with Gasteiger partial charge in [-0.25, -0.2) is 4.39 Å². The van der Waals surface area contributed by atoms with Gasteiger partial charge in [0, 0.05) is 29.9 Å². The molecular weight excluding hydrogens is 315 g/mol. The molecule has 1 aliphatic rings. The van der Waals surface area contributed by atoms with Gasteiger partial charge in [0.05, 0.1) is 6.04 Å². The summed E-state index contributed by atoms with van der Waals surface area (Å²) in [6.07, 6.45) is 6.47. The van der Waals surface area contributed by atoms with E-state index in [4.69, 9.17) is 0 Å². The number of rotatable bonds is 2. The molecule has 3 aromatic rings. The number of aromatic nitrogens is 1. The van der Waals surface area contributed by atoms with Crippen molar-refractivity contribution in [2.75, 3.05) is 6.54 Å². The van der Waals surface area contributed by atoms with E-state index in [2.05, 4.69) is 4.98 Å². The summed E-state index contributed by atoms with van der Waals surface area (Å²) in [6, 6.07) is 14.1. The fourth-order valence-corrected chi connectivity index (χ4v) is 3.67. The molecule has 126 valence electrons. The summed E-state index contributed by atoms with van der Waals surface area (Å²) in [5.41, 5.74) is 1.70. The van der Waals surface area contributed by atoms with Crippen LogP contribution in [0.15, 0.2) is 60.9 Å². The molecule has 0 radical (unpaired) electrons. The lowest BCUT2D eigenvalue weighted by atomic mass is 9.94. The SMILES string of the molecule is O=C(c1cccc2cnccc12)N1CCCC[C@H]1c1ccc(F)cc1. The van der Waals surface area contributed by atoms with Gasteiger partial charge in [-0.2, -0.15) is 0 Å². The summed E-state index contributed by atoms with van der Waals surface area (Å²) in [6.45, 7) is 0.725. The van der Waals surface area contributed by atoms with Gasteiger partial charge in [0.1, 0.15) is 5.82 Å². The third-order valence-electron chi connectivity index (χ3n) is 4.93. The third kappa shape index (κ3) is 3.00. The van der Waals surface area contributed by atoms with Gasteiger partial charge in [0.2, 0.25) is 0 Å². The molecule has 1 atom stereocenters. The van der Waals surface area contributed by atoms with Crippen molar-refractivity contribution in [2.24, 2.45) is 0 Å². The average molecular weight is 334 g/mol. The van der Waals surface area contributed by atoms with Gasteiger partial charge in [-0.3, -0.25) is 9.78 Å². The minimum atomic E-state index is -0.251. The molecule has 0 N–H and O–H groups in total. The molecule has 1 fully saturated rings. The Balaban J connectivity index is 1.72. The van der Waals surface area contributed by atoms with Crippen LogP contribution in [-0.4, -0.2) is 22.3 Å². The topological polar surface area (TPSA) is 33.2 Å². The van der Waals surface area contributed by atoms with Crippen molar-refractivity contribution in [2.45, 2.75) is 25.3 Å². The van der Waals surface area contributed by atoms with Crippen LogP contribution in [0.2, 0.25) is 0 Å². The number of fused-ring (bicyclic) bond motifs is 1. The Morgan fingerprint density at radius 1 is 1.08 bits per heavy atom. The molecule has 25 heavy (non-hydrogen) atoms. The lowest BCUT2D eigenvalue weighted by Gasteiger charge is -2.36. The molecule has 1 saturated heterocycles. The zero-order valence-electron chi connectivity index (χ0n) is 13.9. The van der Waals surface area contributed by atoms with Crippen LogP contribution in [0.3, 0.4) is 0 Å². The highest BCUT2D eigenvalue weighted by Crippen LogP contribution is 2.33. The normalized spacial score (nSPS) is 17.6. The van der Waals surface area contributed by atoms with Crippen molar-refractivity contribution in [1.29, 1.82) is 0 Å². The molecule has 0 bridgehead atoms. The smallest absolute Gasteiger partial charge is 0.254 e. The molecule has 1 amide bonds. The standard InChI is InChI=1S/C21H19FN2O/c22-17-9-7-15(8-10-17)20-6-1-2-13-24(20)21(25)19-5-3-4-16-14-23-12-11-18(16)19/h3-5,7-12,14,20H,1-2,6,13H2/t20-/m0/s1. The van der Waals surface area contributed by atoms with Gasteiger partial charge in [-0.05, 0) is 54.5 Å². The number of pyridine rings is 1. The first kappa shape index (κ1) is 15.8. The third-order valence-corrected chi connectivity index (χ3v) is 4.93. The summed E-state index contributed by atoms with van der Waals surface area (Å²) in [4.78, 5) is 19.4. The maximum Gasteiger partial charge on any atom is 0.254 e. The highest BCUT2D eigenvalue weighted by molar-refractivity contribution is 6.07. The largest absolute Gasteiger partial charge is 0.332 e. The number of hydrogen-bond donors (Lipinski definition) is 0. The second kappa shape index (κ2) is 6.63. The van der Waals surface area contributed by atoms with E-state index < -0.39 is 0 Å². The molecule has 0 saturated carbocycles. The number of nitrogens with zero attached hydrogens (tertiary/aromatic N) is 2. The highest BCUT2D eigenvalue weighted by Gasteiger charge is 2.29. The monoisotopic (exact) mass is 334 g/mol. The Kier molecular flexibility index (Phi) is 4.18. The Morgan fingerprint density at radius 3 is 2.76 bits per heavy atom. The first-order chi connectivity index (χ1) is 12.2. The fourth-order valence-electron chi connectivity index (χ4n) is 3.67. The molecule has 3 nitrogen and oxygen atoms in total. The Morgan fingerprint density at radius 2 is 1.92 bits per heavy atom. The van der Waals surface area contributed by atoms with Gasteiger partial charge >= 0.3 is 0 Å². The molecule has 1 aromatic heterocycles. The maximum absolute atomic E-state index is 13.3. The zero-order valence-corrected chi connectivity index (χ0v) is 13.9. The molecule has 0 spiro atoms. The van der Waals surface area contributed by atoms with Gasteiger partial charge in [0.15, 0.2) is 0 Å². The zero-order chi connectivity index (χ0) is 17.2. The fraction of sp³-hybridized carbons (Fsp3) is 0.238. The van der Waals surface area contributed by atoms with Crippen LogP contribution in [-0.2, 0) is 0 Å². The van der Waals surface area contributed by atoms with Crippen LogP contribution in [0, 0.1) is 5.82 Å². The first-order valence-corrected chi connectivity index (χ1v) is 8.63. The van der Waals surface area contributed by atoms with Crippen LogP contribution in [0.1, 0.15) is 41.2 Å². The molecule has 4 heteroatoms. The van der Waals surface area contributed by atoms with Crippen LogP contribution >= 0.6 is 0 Å². The van der Waals surface area contributed by atoms with Crippen molar-refractivity contribution in [3.63, 3.8) is 0 Å². The Bertz CT molecular complexity index is 902. The molecule has 2 heterocycles.